The topological polar surface area (TPSA) is 113 Å². The van der Waals surface area contributed by atoms with Crippen LogP contribution < -0.4 is 5.32 Å². The molecule has 2 aliphatic heterocycles. The quantitative estimate of drug-likeness (QED) is 0.452. The van der Waals surface area contributed by atoms with Crippen LogP contribution in [0.3, 0.4) is 0 Å². The number of esters is 1. The largest absolute Gasteiger partial charge is 0.477 e. The second-order valence-corrected chi connectivity index (χ2v) is 9.16. The molecule has 0 aliphatic carbocycles. The molecule has 1 aromatic rings. The van der Waals surface area contributed by atoms with Gasteiger partial charge in [0, 0.05) is 16.4 Å². The molecule has 2 N–H and O–H groups in total. The first-order valence-electron chi connectivity index (χ1n) is 8.28. The van der Waals surface area contributed by atoms with E-state index in [1.165, 1.54) is 46.9 Å². The van der Waals surface area contributed by atoms with E-state index < -0.39 is 29.3 Å². The minimum atomic E-state index is -1.18. The number of amides is 2. The van der Waals surface area contributed by atoms with E-state index in [4.69, 9.17) is 0 Å². The molecule has 0 spiro atoms. The van der Waals surface area contributed by atoms with E-state index in [1.54, 1.807) is 0 Å². The van der Waals surface area contributed by atoms with E-state index in [1.807, 2.05) is 17.5 Å². The van der Waals surface area contributed by atoms with E-state index in [-0.39, 0.29) is 23.8 Å². The number of fused-ring (bicyclic) bond motifs is 1. The lowest BCUT2D eigenvalue weighted by molar-refractivity contribution is -0.150. The maximum atomic E-state index is 12.5. The van der Waals surface area contributed by atoms with Crippen molar-refractivity contribution in [3.05, 3.63) is 33.7 Å². The molecule has 8 nitrogen and oxygen atoms in total. The van der Waals surface area contributed by atoms with Gasteiger partial charge < -0.3 is 15.2 Å². The first-order valence-corrected chi connectivity index (χ1v) is 11.4. The van der Waals surface area contributed by atoms with E-state index in [0.29, 0.717) is 17.1 Å². The van der Waals surface area contributed by atoms with Crippen molar-refractivity contribution in [2.75, 3.05) is 24.4 Å². The first-order chi connectivity index (χ1) is 13.4. The van der Waals surface area contributed by atoms with Gasteiger partial charge in [-0.2, -0.15) is 0 Å². The lowest BCUT2D eigenvalue weighted by Crippen LogP contribution is -2.70. The first kappa shape index (κ1) is 20.7. The summed E-state index contributed by atoms with van der Waals surface area (Å²) in [5.41, 5.74) is 0.536. The molecule has 2 unspecified atom stereocenters. The van der Waals surface area contributed by atoms with Gasteiger partial charge >= 0.3 is 11.9 Å². The summed E-state index contributed by atoms with van der Waals surface area (Å²) in [5.74, 6) is -1.42. The standard InChI is InChI=1S/C17H18N2O6S3/c1-25-12(21)8-26-6-9-7-28-16-13(15(22)19(16)14(9)17(23)24)18-11(20)5-10-3-2-4-27-10/h2-4,13,16H,5-8H2,1H3,(H,18,20)(H,23,24). The van der Waals surface area contributed by atoms with Gasteiger partial charge in [0.2, 0.25) is 5.91 Å². The molecule has 0 radical (unpaired) electrons. The van der Waals surface area contributed by atoms with Crippen molar-refractivity contribution in [2.24, 2.45) is 0 Å². The lowest BCUT2D eigenvalue weighted by atomic mass is 10.0. The number of carboxylic acids is 1. The number of β-lactam (4-membered cyclic amide) rings is 1. The third kappa shape index (κ3) is 4.36. The van der Waals surface area contributed by atoms with E-state index in [9.17, 15) is 24.3 Å². The molecular formula is C17H18N2O6S3. The Morgan fingerprint density at radius 1 is 1.43 bits per heavy atom. The van der Waals surface area contributed by atoms with Crippen LogP contribution in [0.4, 0.5) is 0 Å². The van der Waals surface area contributed by atoms with Crippen LogP contribution in [0.25, 0.3) is 0 Å². The fourth-order valence-corrected chi connectivity index (χ4v) is 5.96. The zero-order valence-electron chi connectivity index (χ0n) is 14.9. The van der Waals surface area contributed by atoms with Crippen LogP contribution in [0.15, 0.2) is 28.8 Å². The van der Waals surface area contributed by atoms with E-state index in [2.05, 4.69) is 10.1 Å². The van der Waals surface area contributed by atoms with Crippen LogP contribution in [0.2, 0.25) is 0 Å². The smallest absolute Gasteiger partial charge is 0.352 e. The zero-order chi connectivity index (χ0) is 20.3. The molecule has 0 bridgehead atoms. The number of carboxylic acid groups (broad SMARTS) is 1. The summed E-state index contributed by atoms with van der Waals surface area (Å²) >= 11 is 4.11. The maximum absolute atomic E-state index is 12.5. The fraction of sp³-hybridized carbons (Fsp3) is 0.412. The molecule has 0 saturated carbocycles. The van der Waals surface area contributed by atoms with Crippen molar-refractivity contribution in [1.29, 1.82) is 0 Å². The van der Waals surface area contributed by atoms with Crippen molar-refractivity contribution < 1.29 is 29.0 Å². The van der Waals surface area contributed by atoms with E-state index in [0.717, 1.165) is 4.88 Å². The van der Waals surface area contributed by atoms with Crippen molar-refractivity contribution in [3.63, 3.8) is 0 Å². The molecule has 3 rings (SSSR count). The SMILES string of the molecule is COC(=O)CSCC1=C(C(=O)O)N2C(=O)C(NC(=O)Cc3cccs3)C2SC1. The molecule has 150 valence electrons. The number of carbonyl (C=O) groups is 4. The van der Waals surface area contributed by atoms with Crippen LogP contribution in [0.5, 0.6) is 0 Å². The van der Waals surface area contributed by atoms with Gasteiger partial charge in [0.15, 0.2) is 0 Å². The number of rotatable bonds is 8. The average molecular weight is 443 g/mol. The monoisotopic (exact) mass is 442 g/mol. The van der Waals surface area contributed by atoms with Gasteiger partial charge in [-0.15, -0.1) is 34.9 Å². The van der Waals surface area contributed by atoms with Crippen molar-refractivity contribution in [3.8, 4) is 0 Å². The Bertz CT molecular complexity index is 823. The van der Waals surface area contributed by atoms with Gasteiger partial charge in [-0.3, -0.25) is 19.3 Å². The Kier molecular flexibility index (Phi) is 6.68. The molecule has 28 heavy (non-hydrogen) atoms. The number of hydrogen-bond donors (Lipinski definition) is 2. The van der Waals surface area contributed by atoms with Gasteiger partial charge in [-0.1, -0.05) is 6.07 Å². The predicted octanol–water partition coefficient (Wildman–Crippen LogP) is 0.935. The van der Waals surface area contributed by atoms with Crippen molar-refractivity contribution in [2.45, 2.75) is 17.8 Å². The number of thioether (sulfide) groups is 2. The van der Waals surface area contributed by atoms with Crippen molar-refractivity contribution >= 4 is 58.6 Å². The molecule has 2 aliphatic rings. The highest BCUT2D eigenvalue weighted by Gasteiger charge is 2.54. The van der Waals surface area contributed by atoms with E-state index >= 15 is 0 Å². The minimum absolute atomic E-state index is 0.0464. The normalized spacial score (nSPS) is 21.0. The molecule has 11 heteroatoms. The Balaban J connectivity index is 1.64. The highest BCUT2D eigenvalue weighted by atomic mass is 32.2. The van der Waals surface area contributed by atoms with Gasteiger partial charge in [0.05, 0.1) is 19.3 Å². The second kappa shape index (κ2) is 9.01. The van der Waals surface area contributed by atoms with Crippen LogP contribution in [-0.4, -0.2) is 69.5 Å². The number of nitrogens with zero attached hydrogens (tertiary/aromatic N) is 1. The molecule has 2 atom stereocenters. The summed E-state index contributed by atoms with van der Waals surface area (Å²) in [7, 11) is 1.29. The average Bonchev–Trinajstić information content (AvgIpc) is 3.18. The number of thiophene rings is 1. The van der Waals surface area contributed by atoms with Gasteiger partial charge in [0.1, 0.15) is 17.1 Å². The number of nitrogens with one attached hydrogen (secondary N) is 1. The summed E-state index contributed by atoms with van der Waals surface area (Å²) in [6, 6.07) is 2.97. The van der Waals surface area contributed by atoms with Crippen LogP contribution in [-0.2, 0) is 30.3 Å². The summed E-state index contributed by atoms with van der Waals surface area (Å²) in [6.07, 6.45) is 0.190. The Morgan fingerprint density at radius 3 is 2.86 bits per heavy atom. The van der Waals surface area contributed by atoms with Crippen LogP contribution >= 0.6 is 34.9 Å². The lowest BCUT2D eigenvalue weighted by Gasteiger charge is -2.49. The van der Waals surface area contributed by atoms with Crippen molar-refractivity contribution in [1.82, 2.24) is 10.2 Å². The molecule has 1 aromatic heterocycles. The summed E-state index contributed by atoms with van der Waals surface area (Å²) in [5, 5.41) is 13.8. The van der Waals surface area contributed by atoms with Gasteiger partial charge in [-0.25, -0.2) is 4.79 Å². The second-order valence-electron chi connectivity index (χ2n) is 6.04. The Hall–Kier alpha value is -1.98. The highest BCUT2D eigenvalue weighted by Crippen LogP contribution is 2.41. The maximum Gasteiger partial charge on any atom is 0.352 e. The number of aliphatic carboxylic acids is 1. The fourth-order valence-electron chi connectivity index (χ4n) is 2.91. The predicted molar refractivity (Wildman–Crippen MR) is 107 cm³/mol. The number of ether oxygens (including phenoxy) is 1. The zero-order valence-corrected chi connectivity index (χ0v) is 17.3. The number of carbonyl (C=O) groups excluding carboxylic acids is 3. The molecule has 0 aromatic carbocycles. The Labute approximate surface area is 173 Å². The summed E-state index contributed by atoms with van der Waals surface area (Å²) < 4.78 is 4.57. The molecule has 3 heterocycles. The third-order valence-corrected chi connectivity index (χ3v) is 7.41. The number of hydrogen-bond acceptors (Lipinski definition) is 8. The molecule has 2 amide bonds. The van der Waals surface area contributed by atoms with Gasteiger partial charge in [-0.05, 0) is 17.0 Å². The number of methoxy groups -OCH3 is 1. The Morgan fingerprint density at radius 2 is 2.21 bits per heavy atom. The highest BCUT2D eigenvalue weighted by molar-refractivity contribution is 8.01. The molecule has 1 saturated heterocycles. The van der Waals surface area contributed by atoms with Gasteiger partial charge in [0.25, 0.3) is 5.91 Å². The summed E-state index contributed by atoms with van der Waals surface area (Å²) in [4.78, 5) is 49.8. The van der Waals surface area contributed by atoms with Crippen LogP contribution in [0.1, 0.15) is 4.88 Å². The van der Waals surface area contributed by atoms with Crippen LogP contribution in [0, 0.1) is 0 Å². The molecular weight excluding hydrogens is 424 g/mol. The summed E-state index contributed by atoms with van der Waals surface area (Å²) in [6.45, 7) is 0. The minimum Gasteiger partial charge on any atom is -0.477 e. The molecule has 1 fully saturated rings. The third-order valence-electron chi connectivity index (χ3n) is 4.21.